The van der Waals surface area contributed by atoms with Gasteiger partial charge in [0.15, 0.2) is 0 Å². The van der Waals surface area contributed by atoms with E-state index in [0.717, 1.165) is 13.0 Å². The normalized spacial score (nSPS) is 10.2. The fourth-order valence-electron chi connectivity index (χ4n) is 1.24. The third-order valence-corrected chi connectivity index (χ3v) is 2.72. The van der Waals surface area contributed by atoms with Gasteiger partial charge in [-0.2, -0.15) is 0 Å². The van der Waals surface area contributed by atoms with Gasteiger partial charge in [-0.1, -0.05) is 0 Å². The second-order valence-corrected chi connectivity index (χ2v) is 4.19. The molecule has 0 spiro atoms. The van der Waals surface area contributed by atoms with Crippen molar-refractivity contribution in [1.29, 1.82) is 0 Å². The Labute approximate surface area is 103 Å². The van der Waals surface area contributed by atoms with Crippen LogP contribution < -0.4 is 10.6 Å². The molecule has 5 heteroatoms. The van der Waals surface area contributed by atoms with E-state index in [1.165, 1.54) is 18.2 Å². The van der Waals surface area contributed by atoms with Crippen LogP contribution in [0.5, 0.6) is 0 Å². The van der Waals surface area contributed by atoms with Crippen LogP contribution in [-0.2, 0) is 0 Å². The molecule has 0 aliphatic rings. The van der Waals surface area contributed by atoms with Crippen LogP contribution in [-0.4, -0.2) is 26.0 Å². The molecule has 0 aromatic heterocycles. The van der Waals surface area contributed by atoms with Gasteiger partial charge in [-0.3, -0.25) is 4.79 Å². The average Bonchev–Trinajstić information content (AvgIpc) is 2.24. The van der Waals surface area contributed by atoms with Crippen LogP contribution in [0.1, 0.15) is 16.8 Å². The van der Waals surface area contributed by atoms with Crippen LogP contribution in [0.25, 0.3) is 0 Å². The van der Waals surface area contributed by atoms with Crippen molar-refractivity contribution in [2.24, 2.45) is 0 Å². The zero-order valence-corrected chi connectivity index (χ0v) is 10.6. The summed E-state index contributed by atoms with van der Waals surface area (Å²) < 4.78 is 13.3. The molecular weight excluding hydrogens is 275 g/mol. The summed E-state index contributed by atoms with van der Waals surface area (Å²) in [6, 6.07) is 4.02. The molecule has 0 aliphatic heterocycles. The first-order valence-corrected chi connectivity index (χ1v) is 5.82. The largest absolute Gasteiger partial charge is 0.352 e. The van der Waals surface area contributed by atoms with Crippen molar-refractivity contribution in [2.75, 3.05) is 20.1 Å². The highest BCUT2D eigenvalue weighted by Crippen LogP contribution is 2.17. The van der Waals surface area contributed by atoms with Crippen molar-refractivity contribution in [3.8, 4) is 0 Å². The van der Waals surface area contributed by atoms with Crippen LogP contribution in [0.3, 0.4) is 0 Å². The van der Waals surface area contributed by atoms with E-state index in [1.54, 1.807) is 0 Å². The van der Waals surface area contributed by atoms with Gasteiger partial charge < -0.3 is 10.6 Å². The lowest BCUT2D eigenvalue weighted by Gasteiger charge is -2.06. The lowest BCUT2D eigenvalue weighted by atomic mass is 10.2. The van der Waals surface area contributed by atoms with Gasteiger partial charge in [0.25, 0.3) is 5.91 Å². The summed E-state index contributed by atoms with van der Waals surface area (Å²) in [6.07, 6.45) is 0.862. The molecule has 3 nitrogen and oxygen atoms in total. The zero-order chi connectivity index (χ0) is 12.0. The minimum Gasteiger partial charge on any atom is -0.352 e. The zero-order valence-electron chi connectivity index (χ0n) is 9.02. The molecule has 1 rings (SSSR count). The Balaban J connectivity index is 2.53. The molecule has 16 heavy (non-hydrogen) atoms. The third-order valence-electron chi connectivity index (χ3n) is 2.06. The molecule has 0 fully saturated rings. The Hall–Kier alpha value is -0.940. The molecule has 0 saturated heterocycles. The standard InChI is InChI=1S/C11H14BrFN2O/c1-14-5-2-6-15-11(16)9-4-3-8(13)7-10(9)12/h3-4,7,14H,2,5-6H2,1H3,(H,15,16). The molecule has 0 radical (unpaired) electrons. The number of nitrogens with one attached hydrogen (secondary N) is 2. The topological polar surface area (TPSA) is 41.1 Å². The number of carbonyl (C=O) groups is 1. The smallest absolute Gasteiger partial charge is 0.252 e. The average molecular weight is 289 g/mol. The van der Waals surface area contributed by atoms with Crippen LogP contribution in [0, 0.1) is 5.82 Å². The van der Waals surface area contributed by atoms with Crippen LogP contribution in [0.4, 0.5) is 4.39 Å². The van der Waals surface area contributed by atoms with E-state index in [1.807, 2.05) is 7.05 Å². The molecule has 88 valence electrons. The fourth-order valence-corrected chi connectivity index (χ4v) is 1.77. The number of hydrogen-bond donors (Lipinski definition) is 2. The summed E-state index contributed by atoms with van der Waals surface area (Å²) in [6.45, 7) is 1.45. The number of halogens is 2. The van der Waals surface area contributed by atoms with E-state index in [0.29, 0.717) is 16.6 Å². The summed E-state index contributed by atoms with van der Waals surface area (Å²) in [5.41, 5.74) is 0.450. The second kappa shape index (κ2) is 6.60. The van der Waals surface area contributed by atoms with Crippen molar-refractivity contribution in [2.45, 2.75) is 6.42 Å². The molecule has 0 heterocycles. The van der Waals surface area contributed by atoms with Gasteiger partial charge in [0.05, 0.1) is 5.56 Å². The predicted molar refractivity (Wildman–Crippen MR) is 65.0 cm³/mol. The van der Waals surface area contributed by atoms with E-state index in [9.17, 15) is 9.18 Å². The Kier molecular flexibility index (Phi) is 5.42. The highest BCUT2D eigenvalue weighted by Gasteiger charge is 2.09. The molecule has 1 aromatic rings. The van der Waals surface area contributed by atoms with Gasteiger partial charge >= 0.3 is 0 Å². The molecule has 1 amide bonds. The van der Waals surface area contributed by atoms with Gasteiger partial charge in [-0.15, -0.1) is 0 Å². The number of amides is 1. The van der Waals surface area contributed by atoms with E-state index in [-0.39, 0.29) is 11.7 Å². The first-order valence-electron chi connectivity index (χ1n) is 5.03. The van der Waals surface area contributed by atoms with Crippen molar-refractivity contribution < 1.29 is 9.18 Å². The van der Waals surface area contributed by atoms with E-state index in [4.69, 9.17) is 0 Å². The predicted octanol–water partition coefficient (Wildman–Crippen LogP) is 1.93. The minimum absolute atomic E-state index is 0.192. The number of rotatable bonds is 5. The molecule has 0 aliphatic carbocycles. The maximum atomic E-state index is 12.8. The molecule has 0 unspecified atom stereocenters. The van der Waals surface area contributed by atoms with Crippen LogP contribution in [0.2, 0.25) is 0 Å². The maximum Gasteiger partial charge on any atom is 0.252 e. The van der Waals surface area contributed by atoms with E-state index < -0.39 is 0 Å². The molecule has 1 aromatic carbocycles. The van der Waals surface area contributed by atoms with E-state index in [2.05, 4.69) is 26.6 Å². The van der Waals surface area contributed by atoms with Crippen molar-refractivity contribution in [3.63, 3.8) is 0 Å². The third kappa shape index (κ3) is 3.90. The first kappa shape index (κ1) is 13.1. The van der Waals surface area contributed by atoms with Gasteiger partial charge in [-0.05, 0) is 54.1 Å². The van der Waals surface area contributed by atoms with Crippen molar-refractivity contribution in [1.82, 2.24) is 10.6 Å². The van der Waals surface area contributed by atoms with Gasteiger partial charge in [0.2, 0.25) is 0 Å². The Morgan fingerprint density at radius 3 is 2.81 bits per heavy atom. The summed E-state index contributed by atoms with van der Waals surface area (Å²) in [4.78, 5) is 11.7. The van der Waals surface area contributed by atoms with Gasteiger partial charge in [0.1, 0.15) is 5.82 Å². The lowest BCUT2D eigenvalue weighted by Crippen LogP contribution is -2.26. The van der Waals surface area contributed by atoms with Gasteiger partial charge in [-0.25, -0.2) is 4.39 Å². The molecule has 0 atom stereocenters. The van der Waals surface area contributed by atoms with Crippen LogP contribution >= 0.6 is 15.9 Å². The summed E-state index contributed by atoms with van der Waals surface area (Å²) >= 11 is 3.16. The maximum absolute atomic E-state index is 12.8. The van der Waals surface area contributed by atoms with Crippen LogP contribution in [0.15, 0.2) is 22.7 Å². The molecular formula is C11H14BrFN2O. The highest BCUT2D eigenvalue weighted by molar-refractivity contribution is 9.10. The Bertz CT molecular complexity index is 371. The number of carbonyl (C=O) groups excluding carboxylic acids is 1. The second-order valence-electron chi connectivity index (χ2n) is 3.34. The molecule has 0 bridgehead atoms. The monoisotopic (exact) mass is 288 g/mol. The molecule has 0 saturated carbocycles. The van der Waals surface area contributed by atoms with Crippen molar-refractivity contribution >= 4 is 21.8 Å². The first-order chi connectivity index (χ1) is 7.65. The molecule has 2 N–H and O–H groups in total. The van der Waals surface area contributed by atoms with E-state index >= 15 is 0 Å². The minimum atomic E-state index is -0.362. The summed E-state index contributed by atoms with van der Waals surface area (Å²) in [7, 11) is 1.86. The summed E-state index contributed by atoms with van der Waals surface area (Å²) in [5.74, 6) is -0.554. The lowest BCUT2D eigenvalue weighted by molar-refractivity contribution is 0.0952. The fraction of sp³-hybridized carbons (Fsp3) is 0.364. The quantitative estimate of drug-likeness (QED) is 0.813. The highest BCUT2D eigenvalue weighted by atomic mass is 79.9. The van der Waals surface area contributed by atoms with Crippen molar-refractivity contribution in [3.05, 3.63) is 34.1 Å². The summed E-state index contributed by atoms with van der Waals surface area (Å²) in [5, 5.41) is 5.75. The Morgan fingerprint density at radius 2 is 2.19 bits per heavy atom. The number of hydrogen-bond acceptors (Lipinski definition) is 2. The number of benzene rings is 1. The Morgan fingerprint density at radius 1 is 1.44 bits per heavy atom. The van der Waals surface area contributed by atoms with Gasteiger partial charge in [0, 0.05) is 11.0 Å². The SMILES string of the molecule is CNCCCNC(=O)c1ccc(F)cc1Br.